The zero-order valence-corrected chi connectivity index (χ0v) is 11.9. The fraction of sp³-hybridized carbons (Fsp3) is 0.412. The largest absolute Gasteiger partial charge is 0.389 e. The molecule has 0 unspecified atom stereocenters. The van der Waals surface area contributed by atoms with Crippen molar-refractivity contribution in [1.29, 1.82) is 0 Å². The van der Waals surface area contributed by atoms with Crippen LogP contribution < -0.4 is 0 Å². The summed E-state index contributed by atoms with van der Waals surface area (Å²) < 4.78 is 2.17. The summed E-state index contributed by atoms with van der Waals surface area (Å²) in [6.45, 7) is 6.29. The summed E-state index contributed by atoms with van der Waals surface area (Å²) in [6.07, 6.45) is 5.89. The molecule has 1 aliphatic carbocycles. The molecule has 0 saturated heterocycles. The molecule has 2 aromatic rings. The van der Waals surface area contributed by atoms with Crippen molar-refractivity contribution in [3.05, 3.63) is 53.3 Å². The summed E-state index contributed by atoms with van der Waals surface area (Å²) in [6, 6.07) is 8.54. The lowest BCUT2D eigenvalue weighted by molar-refractivity contribution is 0.00506. The molecule has 3 rings (SSSR count). The first kappa shape index (κ1) is 12.5. The van der Waals surface area contributed by atoms with Crippen LogP contribution in [0, 0.1) is 12.8 Å². The van der Waals surface area contributed by atoms with Gasteiger partial charge in [0.1, 0.15) is 0 Å². The molecule has 1 aromatic carbocycles. The Hall–Kier alpha value is -1.54. The lowest BCUT2D eigenvalue weighted by Gasteiger charge is -2.27. The van der Waals surface area contributed by atoms with Crippen molar-refractivity contribution < 1.29 is 5.11 Å². The average Bonchev–Trinajstić information content (AvgIpc) is 2.85. The van der Waals surface area contributed by atoms with Gasteiger partial charge >= 0.3 is 0 Å². The van der Waals surface area contributed by atoms with Crippen molar-refractivity contribution in [2.24, 2.45) is 5.92 Å². The number of benzene rings is 1. The number of aryl methyl sites for hydroxylation is 1. The second-order valence-corrected chi connectivity index (χ2v) is 6.16. The minimum absolute atomic E-state index is 0.299. The zero-order chi connectivity index (χ0) is 13.6. The standard InChI is InChI=1S/C17H21NO/c1-12(2)17(19)8-14-10-18(11-15(14)9-17)16-6-4-13(3)5-7-16/h4-7,10-12,19H,8-9H2,1-3H3. The Balaban J connectivity index is 1.90. The van der Waals surface area contributed by atoms with Crippen molar-refractivity contribution in [2.45, 2.75) is 39.2 Å². The van der Waals surface area contributed by atoms with Gasteiger partial charge in [-0.2, -0.15) is 0 Å². The predicted octanol–water partition coefficient (Wildman–Crippen LogP) is 3.27. The Labute approximate surface area is 114 Å². The molecule has 0 saturated carbocycles. The maximum atomic E-state index is 10.6. The van der Waals surface area contributed by atoms with Gasteiger partial charge in [-0.05, 0) is 36.1 Å². The lowest BCUT2D eigenvalue weighted by atomic mass is 9.87. The average molecular weight is 255 g/mol. The molecule has 19 heavy (non-hydrogen) atoms. The third-order valence-electron chi connectivity index (χ3n) is 4.40. The van der Waals surface area contributed by atoms with Gasteiger partial charge in [0.15, 0.2) is 0 Å². The minimum Gasteiger partial charge on any atom is -0.389 e. The van der Waals surface area contributed by atoms with Crippen LogP contribution in [0.15, 0.2) is 36.7 Å². The summed E-state index contributed by atoms with van der Waals surface area (Å²) in [7, 11) is 0. The fourth-order valence-electron chi connectivity index (χ4n) is 2.85. The Morgan fingerprint density at radius 2 is 1.58 bits per heavy atom. The quantitative estimate of drug-likeness (QED) is 0.875. The first-order chi connectivity index (χ1) is 8.98. The molecular formula is C17H21NO. The summed E-state index contributed by atoms with van der Waals surface area (Å²) in [5.74, 6) is 0.299. The SMILES string of the molecule is Cc1ccc(-n2cc3c(c2)CC(O)(C(C)C)C3)cc1. The molecule has 1 heterocycles. The highest BCUT2D eigenvalue weighted by atomic mass is 16.3. The number of nitrogens with zero attached hydrogens (tertiary/aromatic N) is 1. The second-order valence-electron chi connectivity index (χ2n) is 6.16. The van der Waals surface area contributed by atoms with E-state index in [2.05, 4.69) is 62.0 Å². The number of rotatable bonds is 2. The smallest absolute Gasteiger partial charge is 0.0752 e. The van der Waals surface area contributed by atoms with Crippen LogP contribution in [0.5, 0.6) is 0 Å². The van der Waals surface area contributed by atoms with Gasteiger partial charge in [0.2, 0.25) is 0 Å². The van der Waals surface area contributed by atoms with Crippen LogP contribution in [0.1, 0.15) is 30.5 Å². The molecule has 100 valence electrons. The Morgan fingerprint density at radius 3 is 2.05 bits per heavy atom. The van der Waals surface area contributed by atoms with Gasteiger partial charge in [0.05, 0.1) is 5.60 Å². The van der Waals surface area contributed by atoms with Crippen molar-refractivity contribution in [2.75, 3.05) is 0 Å². The summed E-state index contributed by atoms with van der Waals surface area (Å²) in [5, 5.41) is 10.6. The van der Waals surface area contributed by atoms with E-state index >= 15 is 0 Å². The van der Waals surface area contributed by atoms with Crippen LogP contribution in [-0.2, 0) is 12.8 Å². The summed E-state index contributed by atoms with van der Waals surface area (Å²) in [5.41, 5.74) is 4.50. The molecule has 0 aliphatic heterocycles. The highest BCUT2D eigenvalue weighted by Gasteiger charge is 2.38. The zero-order valence-electron chi connectivity index (χ0n) is 11.9. The van der Waals surface area contributed by atoms with Gasteiger partial charge in [0.25, 0.3) is 0 Å². The maximum Gasteiger partial charge on any atom is 0.0752 e. The van der Waals surface area contributed by atoms with Gasteiger partial charge in [0, 0.05) is 30.9 Å². The summed E-state index contributed by atoms with van der Waals surface area (Å²) in [4.78, 5) is 0. The third kappa shape index (κ3) is 2.10. The van der Waals surface area contributed by atoms with E-state index in [1.54, 1.807) is 0 Å². The minimum atomic E-state index is -0.545. The molecule has 2 heteroatoms. The van der Waals surface area contributed by atoms with Crippen molar-refractivity contribution in [3.63, 3.8) is 0 Å². The number of hydrogen-bond donors (Lipinski definition) is 1. The van der Waals surface area contributed by atoms with Crippen LogP contribution in [0.25, 0.3) is 5.69 Å². The van der Waals surface area contributed by atoms with E-state index in [0.717, 1.165) is 12.8 Å². The van der Waals surface area contributed by atoms with Gasteiger partial charge in [-0.3, -0.25) is 0 Å². The van der Waals surface area contributed by atoms with Gasteiger partial charge < -0.3 is 9.67 Å². The van der Waals surface area contributed by atoms with E-state index in [4.69, 9.17) is 0 Å². The summed E-state index contributed by atoms with van der Waals surface area (Å²) >= 11 is 0. The second kappa shape index (κ2) is 4.24. The number of fused-ring (bicyclic) bond motifs is 1. The van der Waals surface area contributed by atoms with Gasteiger partial charge in [-0.25, -0.2) is 0 Å². The molecule has 0 fully saturated rings. The van der Waals surface area contributed by atoms with E-state index in [0.29, 0.717) is 5.92 Å². The van der Waals surface area contributed by atoms with E-state index < -0.39 is 5.60 Å². The molecule has 2 nitrogen and oxygen atoms in total. The molecule has 1 N–H and O–H groups in total. The molecule has 0 amide bonds. The van der Waals surface area contributed by atoms with Crippen molar-refractivity contribution in [3.8, 4) is 5.69 Å². The number of aliphatic hydroxyl groups is 1. The number of aromatic nitrogens is 1. The van der Waals surface area contributed by atoms with E-state index in [-0.39, 0.29) is 0 Å². The maximum absolute atomic E-state index is 10.6. The van der Waals surface area contributed by atoms with Crippen LogP contribution in [-0.4, -0.2) is 15.3 Å². The van der Waals surface area contributed by atoms with Gasteiger partial charge in [-0.1, -0.05) is 31.5 Å². The monoisotopic (exact) mass is 255 g/mol. The number of hydrogen-bond acceptors (Lipinski definition) is 1. The normalized spacial score (nSPS) is 16.9. The Morgan fingerprint density at radius 1 is 1.05 bits per heavy atom. The van der Waals surface area contributed by atoms with Crippen LogP contribution in [0.3, 0.4) is 0 Å². The molecule has 1 aromatic heterocycles. The van der Waals surface area contributed by atoms with Crippen LogP contribution >= 0.6 is 0 Å². The highest BCUT2D eigenvalue weighted by Crippen LogP contribution is 2.36. The Bertz CT molecular complexity index is 569. The van der Waals surface area contributed by atoms with Crippen LogP contribution in [0.4, 0.5) is 0 Å². The van der Waals surface area contributed by atoms with E-state index in [1.165, 1.54) is 22.4 Å². The van der Waals surface area contributed by atoms with Crippen molar-refractivity contribution >= 4 is 0 Å². The Kier molecular flexibility index (Phi) is 2.79. The topological polar surface area (TPSA) is 25.2 Å². The molecular weight excluding hydrogens is 234 g/mol. The van der Waals surface area contributed by atoms with E-state index in [1.807, 2.05) is 0 Å². The van der Waals surface area contributed by atoms with Crippen LogP contribution in [0.2, 0.25) is 0 Å². The molecule has 0 bridgehead atoms. The van der Waals surface area contributed by atoms with Crippen molar-refractivity contribution in [1.82, 2.24) is 4.57 Å². The molecule has 0 atom stereocenters. The first-order valence-corrected chi connectivity index (χ1v) is 6.97. The fourth-order valence-corrected chi connectivity index (χ4v) is 2.85. The highest BCUT2D eigenvalue weighted by molar-refractivity contribution is 5.41. The molecule has 0 spiro atoms. The molecule has 1 aliphatic rings. The lowest BCUT2D eigenvalue weighted by Crippen LogP contribution is -2.35. The third-order valence-corrected chi connectivity index (χ3v) is 4.40. The molecule has 0 radical (unpaired) electrons. The predicted molar refractivity (Wildman–Crippen MR) is 77.7 cm³/mol. The van der Waals surface area contributed by atoms with Gasteiger partial charge in [-0.15, -0.1) is 0 Å². The van der Waals surface area contributed by atoms with E-state index in [9.17, 15) is 5.11 Å². The first-order valence-electron chi connectivity index (χ1n) is 6.97.